The van der Waals surface area contributed by atoms with Crippen molar-refractivity contribution in [2.45, 2.75) is 63.2 Å². The summed E-state index contributed by atoms with van der Waals surface area (Å²) in [5, 5.41) is 0. The van der Waals surface area contributed by atoms with E-state index in [1.807, 2.05) is 30.3 Å². The fourth-order valence-corrected chi connectivity index (χ4v) is 5.71. The number of benzene rings is 3. The largest absolute Gasteiger partial charge is 0.486 e. The summed E-state index contributed by atoms with van der Waals surface area (Å²) in [5.74, 6) is -1.16. The average Bonchev–Trinajstić information content (AvgIpc) is 2.90. The number of nitrogens with zero attached hydrogens (tertiary/aromatic N) is 1. The summed E-state index contributed by atoms with van der Waals surface area (Å²) in [6.45, 7) is 5.34. The van der Waals surface area contributed by atoms with E-state index < -0.39 is 39.5 Å². The van der Waals surface area contributed by atoms with Crippen LogP contribution in [-0.2, 0) is 42.1 Å². The maximum atomic E-state index is 13.7. The summed E-state index contributed by atoms with van der Waals surface area (Å²) in [7, 11) is -4.13. The Bertz CT molecular complexity index is 1450. The molecule has 0 aliphatic carbocycles. The first kappa shape index (κ1) is 29.1. The molecule has 4 rings (SSSR count). The molecule has 1 heterocycles. The molecule has 3 aromatic carbocycles. The van der Waals surface area contributed by atoms with Crippen molar-refractivity contribution in [2.24, 2.45) is 0 Å². The second-order valence-electron chi connectivity index (χ2n) is 10.5. The molecular weight excluding hydrogens is 537 g/mol. The zero-order valence-corrected chi connectivity index (χ0v) is 23.4. The second-order valence-corrected chi connectivity index (χ2v) is 12.3. The third-order valence-corrected chi connectivity index (χ3v) is 7.83. The molecule has 3 aromatic rings. The van der Waals surface area contributed by atoms with Crippen LogP contribution >= 0.6 is 0 Å². The Balaban J connectivity index is 1.54. The number of ether oxygens (including phenoxy) is 3. The molecule has 0 N–H and O–H groups in total. The van der Waals surface area contributed by atoms with E-state index in [1.54, 1.807) is 39.0 Å². The molecule has 0 radical (unpaired) electrons. The predicted octanol–water partition coefficient (Wildman–Crippen LogP) is 5.19. The maximum absolute atomic E-state index is 13.7. The molecule has 0 spiro atoms. The minimum Gasteiger partial charge on any atom is -0.486 e. The SMILES string of the molecule is CC(C)(C)OC(=O)Cc1ccc2c(c1)N(S(=O)(=O)c1ccc(F)cc1)C[C@H](CCC(=O)OCc1ccccc1)O2. The first-order chi connectivity index (χ1) is 18.9. The number of halogens is 1. The van der Waals surface area contributed by atoms with Crippen LogP contribution in [0.2, 0.25) is 0 Å². The number of esters is 2. The number of rotatable bonds is 9. The van der Waals surface area contributed by atoms with Crippen molar-refractivity contribution in [3.63, 3.8) is 0 Å². The normalized spacial score (nSPS) is 15.1. The molecule has 0 aromatic heterocycles. The molecular formula is C30H32FNO7S. The van der Waals surface area contributed by atoms with Crippen LogP contribution in [0, 0.1) is 5.82 Å². The van der Waals surface area contributed by atoms with Gasteiger partial charge in [-0.05, 0) is 74.7 Å². The highest BCUT2D eigenvalue weighted by Gasteiger charge is 2.35. The summed E-state index contributed by atoms with van der Waals surface area (Å²) in [4.78, 5) is 24.7. The van der Waals surface area contributed by atoms with E-state index in [0.717, 1.165) is 17.7 Å². The van der Waals surface area contributed by atoms with E-state index in [4.69, 9.17) is 14.2 Å². The number of hydrogen-bond acceptors (Lipinski definition) is 7. The molecule has 8 nitrogen and oxygen atoms in total. The summed E-state index contributed by atoms with van der Waals surface area (Å²) in [6, 6.07) is 18.7. The summed E-state index contributed by atoms with van der Waals surface area (Å²) < 4.78 is 58.9. The Morgan fingerprint density at radius 2 is 1.68 bits per heavy atom. The van der Waals surface area contributed by atoms with Gasteiger partial charge in [-0.25, -0.2) is 12.8 Å². The van der Waals surface area contributed by atoms with Gasteiger partial charge in [-0.3, -0.25) is 13.9 Å². The molecule has 1 atom stereocenters. The predicted molar refractivity (Wildman–Crippen MR) is 147 cm³/mol. The Morgan fingerprint density at radius 3 is 2.35 bits per heavy atom. The molecule has 212 valence electrons. The summed E-state index contributed by atoms with van der Waals surface area (Å²) in [6.07, 6.45) is -0.481. The summed E-state index contributed by atoms with van der Waals surface area (Å²) in [5.41, 5.74) is 0.978. The van der Waals surface area contributed by atoms with Crippen LogP contribution in [0.4, 0.5) is 10.1 Å². The van der Waals surface area contributed by atoms with Crippen LogP contribution < -0.4 is 9.04 Å². The third-order valence-electron chi connectivity index (χ3n) is 6.04. The zero-order chi connectivity index (χ0) is 28.9. The molecule has 40 heavy (non-hydrogen) atoms. The molecule has 0 saturated carbocycles. The van der Waals surface area contributed by atoms with E-state index in [1.165, 1.54) is 16.4 Å². The van der Waals surface area contributed by atoms with Gasteiger partial charge in [0.2, 0.25) is 0 Å². The van der Waals surface area contributed by atoms with E-state index >= 15 is 0 Å². The number of anilines is 1. The topological polar surface area (TPSA) is 99.2 Å². The number of hydrogen-bond donors (Lipinski definition) is 0. The van der Waals surface area contributed by atoms with Crippen LogP contribution in [0.25, 0.3) is 0 Å². The highest BCUT2D eigenvalue weighted by molar-refractivity contribution is 7.92. The minimum atomic E-state index is -4.13. The smallest absolute Gasteiger partial charge is 0.310 e. The van der Waals surface area contributed by atoms with Crippen LogP contribution in [0.1, 0.15) is 44.7 Å². The van der Waals surface area contributed by atoms with Gasteiger partial charge < -0.3 is 14.2 Å². The number of fused-ring (bicyclic) bond motifs is 1. The van der Waals surface area contributed by atoms with Crippen molar-refractivity contribution >= 4 is 27.6 Å². The van der Waals surface area contributed by atoms with Gasteiger partial charge in [0, 0.05) is 6.42 Å². The monoisotopic (exact) mass is 569 g/mol. The van der Waals surface area contributed by atoms with E-state index in [0.29, 0.717) is 5.56 Å². The van der Waals surface area contributed by atoms with Crippen molar-refractivity contribution in [1.29, 1.82) is 0 Å². The first-order valence-electron chi connectivity index (χ1n) is 12.9. The lowest BCUT2D eigenvalue weighted by Crippen LogP contribution is -2.43. The zero-order valence-electron chi connectivity index (χ0n) is 22.6. The molecule has 1 aliphatic heterocycles. The van der Waals surface area contributed by atoms with E-state index in [9.17, 15) is 22.4 Å². The third kappa shape index (κ3) is 7.59. The quantitative estimate of drug-likeness (QED) is 0.327. The van der Waals surface area contributed by atoms with Gasteiger partial charge in [-0.1, -0.05) is 36.4 Å². The molecule has 0 bridgehead atoms. The number of sulfonamides is 1. The highest BCUT2D eigenvalue weighted by Crippen LogP contribution is 2.39. The van der Waals surface area contributed by atoms with Gasteiger partial charge in [0.25, 0.3) is 10.0 Å². The summed E-state index contributed by atoms with van der Waals surface area (Å²) >= 11 is 0. The molecule has 0 amide bonds. The first-order valence-corrected chi connectivity index (χ1v) is 14.3. The number of carbonyl (C=O) groups excluding carboxylic acids is 2. The lowest BCUT2D eigenvalue weighted by molar-refractivity contribution is -0.154. The minimum absolute atomic E-state index is 0.0218. The maximum Gasteiger partial charge on any atom is 0.310 e. The second kappa shape index (κ2) is 12.1. The standard InChI is InChI=1S/C30H32FNO7S/c1-30(2,3)39-29(34)18-22-9-15-27-26(17-22)32(40(35,36)25-13-10-23(31)11-14-25)19-24(38-27)12-16-28(33)37-20-21-7-5-4-6-8-21/h4-11,13-15,17,24H,12,16,18-20H2,1-3H3/t24-/m0/s1. The number of carbonyl (C=O) groups is 2. The van der Waals surface area contributed by atoms with Crippen LogP contribution in [0.15, 0.2) is 77.7 Å². The van der Waals surface area contributed by atoms with Gasteiger partial charge in [0.05, 0.1) is 23.5 Å². The Morgan fingerprint density at radius 1 is 0.975 bits per heavy atom. The van der Waals surface area contributed by atoms with Gasteiger partial charge in [-0.2, -0.15) is 0 Å². The lowest BCUT2D eigenvalue weighted by Gasteiger charge is -2.35. The molecule has 0 fully saturated rings. The molecule has 0 saturated heterocycles. The van der Waals surface area contributed by atoms with Crippen molar-refractivity contribution in [1.82, 2.24) is 0 Å². The van der Waals surface area contributed by atoms with Crippen molar-refractivity contribution in [3.8, 4) is 5.75 Å². The van der Waals surface area contributed by atoms with Crippen molar-refractivity contribution < 1.29 is 36.6 Å². The van der Waals surface area contributed by atoms with Crippen LogP contribution in [0.3, 0.4) is 0 Å². The Kier molecular flexibility index (Phi) is 8.78. The average molecular weight is 570 g/mol. The molecule has 0 unspecified atom stereocenters. The highest BCUT2D eigenvalue weighted by atomic mass is 32.2. The Labute approximate surface area is 233 Å². The van der Waals surface area contributed by atoms with Gasteiger partial charge in [-0.15, -0.1) is 0 Å². The van der Waals surface area contributed by atoms with E-state index in [2.05, 4.69) is 0 Å². The Hall–Kier alpha value is -3.92. The molecule has 10 heteroatoms. The molecule has 1 aliphatic rings. The van der Waals surface area contributed by atoms with Crippen LogP contribution in [0.5, 0.6) is 5.75 Å². The fraction of sp³-hybridized carbons (Fsp3) is 0.333. The van der Waals surface area contributed by atoms with Crippen molar-refractivity contribution in [3.05, 3.63) is 89.7 Å². The van der Waals surface area contributed by atoms with Crippen LogP contribution in [-0.4, -0.2) is 38.6 Å². The van der Waals surface area contributed by atoms with Crippen molar-refractivity contribution in [2.75, 3.05) is 10.8 Å². The van der Waals surface area contributed by atoms with Gasteiger partial charge in [0.1, 0.15) is 29.9 Å². The lowest BCUT2D eigenvalue weighted by atomic mass is 10.1. The van der Waals surface area contributed by atoms with Gasteiger partial charge >= 0.3 is 11.9 Å². The van der Waals surface area contributed by atoms with E-state index in [-0.39, 0.29) is 48.7 Å². The fourth-order valence-electron chi connectivity index (χ4n) is 4.21. The van der Waals surface area contributed by atoms with Gasteiger partial charge in [0.15, 0.2) is 0 Å².